The van der Waals surface area contributed by atoms with E-state index in [1.807, 2.05) is 32.9 Å². The Bertz CT molecular complexity index is 587. The lowest BCUT2D eigenvalue weighted by Gasteiger charge is -2.27. The molecule has 2 rings (SSSR count). The van der Waals surface area contributed by atoms with Gasteiger partial charge in [0.2, 0.25) is 11.8 Å². The lowest BCUT2D eigenvalue weighted by Crippen LogP contribution is -2.53. The van der Waals surface area contributed by atoms with E-state index < -0.39 is 12.1 Å². The number of rotatable bonds is 3. The highest BCUT2D eigenvalue weighted by molar-refractivity contribution is 6.34. The maximum atomic E-state index is 12.5. The average molecular weight is 360 g/mol. The predicted octanol–water partition coefficient (Wildman–Crippen LogP) is 2.36. The Morgan fingerprint density at radius 1 is 1.39 bits per heavy atom. The number of nitrogens with two attached hydrogens (primary N) is 1. The minimum absolute atomic E-state index is 0. The van der Waals surface area contributed by atoms with Gasteiger partial charge in [0.05, 0.1) is 16.8 Å². The Kier molecular flexibility index (Phi) is 6.45. The molecule has 0 saturated carbocycles. The van der Waals surface area contributed by atoms with Crippen molar-refractivity contribution < 1.29 is 9.59 Å². The number of anilines is 1. The van der Waals surface area contributed by atoms with Crippen LogP contribution in [0.1, 0.15) is 27.2 Å². The molecule has 1 fully saturated rings. The fraction of sp³-hybridized carbons (Fsp3) is 0.500. The van der Waals surface area contributed by atoms with Crippen molar-refractivity contribution in [3.05, 3.63) is 29.3 Å². The van der Waals surface area contributed by atoms with E-state index in [0.717, 1.165) is 0 Å². The van der Waals surface area contributed by atoms with Gasteiger partial charge in [-0.3, -0.25) is 9.59 Å². The summed E-state index contributed by atoms with van der Waals surface area (Å²) in [5, 5.41) is 3.28. The van der Waals surface area contributed by atoms with Gasteiger partial charge >= 0.3 is 0 Å². The van der Waals surface area contributed by atoms with E-state index in [1.54, 1.807) is 17.0 Å². The van der Waals surface area contributed by atoms with E-state index in [2.05, 4.69) is 5.32 Å². The van der Waals surface area contributed by atoms with Gasteiger partial charge in [-0.25, -0.2) is 0 Å². The van der Waals surface area contributed by atoms with Crippen LogP contribution < -0.4 is 16.0 Å². The summed E-state index contributed by atoms with van der Waals surface area (Å²) in [6, 6.07) is 5.98. The number of carbonyl (C=O) groups is 2. The van der Waals surface area contributed by atoms with Crippen LogP contribution in [0.5, 0.6) is 0 Å². The molecule has 23 heavy (non-hydrogen) atoms. The first kappa shape index (κ1) is 19.7. The first-order valence-corrected chi connectivity index (χ1v) is 7.71. The second kappa shape index (κ2) is 7.51. The topological polar surface area (TPSA) is 75.4 Å². The number of halogens is 2. The zero-order valence-electron chi connectivity index (χ0n) is 13.5. The fourth-order valence-corrected chi connectivity index (χ4v) is 2.62. The number of carbonyl (C=O) groups excluding carboxylic acids is 2. The van der Waals surface area contributed by atoms with Crippen molar-refractivity contribution in [2.24, 2.45) is 11.1 Å². The summed E-state index contributed by atoms with van der Waals surface area (Å²) in [6.07, 6.45) is 0.548. The molecular formula is C16H23Cl2N3O2. The number of para-hydroxylation sites is 1. The molecular weight excluding hydrogens is 337 g/mol. The number of nitrogens with zero attached hydrogens (tertiary/aromatic N) is 1. The molecule has 5 nitrogen and oxygen atoms in total. The third-order valence-corrected chi connectivity index (χ3v) is 4.20. The van der Waals surface area contributed by atoms with E-state index in [0.29, 0.717) is 23.7 Å². The van der Waals surface area contributed by atoms with Crippen molar-refractivity contribution in [2.75, 3.05) is 11.4 Å². The molecule has 128 valence electrons. The third-order valence-electron chi connectivity index (χ3n) is 3.88. The van der Waals surface area contributed by atoms with E-state index in [1.165, 1.54) is 0 Å². The second-order valence-electron chi connectivity index (χ2n) is 6.63. The molecule has 2 amide bonds. The molecule has 1 aliphatic rings. The maximum Gasteiger partial charge on any atom is 0.249 e. The molecule has 7 heteroatoms. The van der Waals surface area contributed by atoms with Gasteiger partial charge in [-0.2, -0.15) is 0 Å². The molecule has 2 atom stereocenters. The molecule has 0 spiro atoms. The van der Waals surface area contributed by atoms with Gasteiger partial charge in [-0.15, -0.1) is 12.4 Å². The van der Waals surface area contributed by atoms with Crippen molar-refractivity contribution in [1.82, 2.24) is 5.32 Å². The van der Waals surface area contributed by atoms with Crippen LogP contribution >= 0.6 is 24.0 Å². The molecule has 1 aromatic carbocycles. The molecule has 1 unspecified atom stereocenters. The molecule has 0 aliphatic carbocycles. The standard InChI is InChI=1S/C16H22ClN3O2.ClH/c1-16(2,3)13(18)14(21)19-11-8-9-20(15(11)22)12-7-5-4-6-10(12)17;/h4-7,11,13H,8-9,18H2,1-3H3,(H,19,21);1H/t11?,13-;/m1./s1. The summed E-state index contributed by atoms with van der Waals surface area (Å²) in [6.45, 7) is 6.20. The van der Waals surface area contributed by atoms with E-state index in [9.17, 15) is 9.59 Å². The van der Waals surface area contributed by atoms with Crippen LogP contribution in [0.2, 0.25) is 5.02 Å². The van der Waals surface area contributed by atoms with Crippen molar-refractivity contribution >= 4 is 41.5 Å². The van der Waals surface area contributed by atoms with Crippen LogP contribution in [0.15, 0.2) is 24.3 Å². The molecule has 1 aliphatic heterocycles. The molecule has 0 radical (unpaired) electrons. The summed E-state index contributed by atoms with van der Waals surface area (Å²) in [5.74, 6) is -0.450. The van der Waals surface area contributed by atoms with E-state index in [4.69, 9.17) is 17.3 Å². The lowest BCUT2D eigenvalue weighted by molar-refractivity contribution is -0.128. The van der Waals surface area contributed by atoms with Crippen molar-refractivity contribution in [3.8, 4) is 0 Å². The van der Waals surface area contributed by atoms with E-state index in [-0.39, 0.29) is 29.6 Å². The maximum absolute atomic E-state index is 12.5. The lowest BCUT2D eigenvalue weighted by atomic mass is 9.87. The molecule has 1 heterocycles. The smallest absolute Gasteiger partial charge is 0.249 e. The minimum atomic E-state index is -0.658. The Morgan fingerprint density at radius 3 is 2.57 bits per heavy atom. The summed E-state index contributed by atoms with van der Waals surface area (Å²) in [5.41, 5.74) is 6.25. The number of hydrogen-bond donors (Lipinski definition) is 2. The van der Waals surface area contributed by atoms with Crippen LogP contribution in [-0.4, -0.2) is 30.4 Å². The van der Waals surface area contributed by atoms with Crippen molar-refractivity contribution in [3.63, 3.8) is 0 Å². The van der Waals surface area contributed by atoms with E-state index >= 15 is 0 Å². The van der Waals surface area contributed by atoms with Gasteiger partial charge in [-0.1, -0.05) is 44.5 Å². The van der Waals surface area contributed by atoms with Gasteiger partial charge in [0.1, 0.15) is 6.04 Å². The Labute approximate surface area is 148 Å². The Morgan fingerprint density at radius 2 is 2.00 bits per heavy atom. The second-order valence-corrected chi connectivity index (χ2v) is 7.04. The van der Waals surface area contributed by atoms with Gasteiger partial charge in [0, 0.05) is 6.54 Å². The predicted molar refractivity (Wildman–Crippen MR) is 95.0 cm³/mol. The van der Waals surface area contributed by atoms with Gasteiger partial charge in [-0.05, 0) is 24.0 Å². The van der Waals surface area contributed by atoms with Crippen LogP contribution in [-0.2, 0) is 9.59 Å². The number of benzene rings is 1. The molecule has 1 aromatic rings. The normalized spacial score (nSPS) is 19.3. The number of nitrogens with one attached hydrogen (secondary N) is 1. The SMILES string of the molecule is CC(C)(C)[C@H](N)C(=O)NC1CCN(c2ccccc2Cl)C1=O.Cl. The van der Waals surface area contributed by atoms with Gasteiger partial charge in [0.15, 0.2) is 0 Å². The highest BCUT2D eigenvalue weighted by Crippen LogP contribution is 2.29. The highest BCUT2D eigenvalue weighted by atomic mass is 35.5. The van der Waals surface area contributed by atoms with Crippen molar-refractivity contribution in [1.29, 1.82) is 0 Å². The van der Waals surface area contributed by atoms with Crippen LogP contribution in [0.25, 0.3) is 0 Å². The Hall–Kier alpha value is -1.30. The highest BCUT2D eigenvalue weighted by Gasteiger charge is 2.36. The van der Waals surface area contributed by atoms with Gasteiger partial charge < -0.3 is 16.0 Å². The minimum Gasteiger partial charge on any atom is -0.343 e. The molecule has 3 N–H and O–H groups in total. The summed E-state index contributed by atoms with van der Waals surface area (Å²) < 4.78 is 0. The van der Waals surface area contributed by atoms with Crippen LogP contribution in [0, 0.1) is 5.41 Å². The van der Waals surface area contributed by atoms with Crippen molar-refractivity contribution in [2.45, 2.75) is 39.3 Å². The fourth-order valence-electron chi connectivity index (χ4n) is 2.38. The zero-order chi connectivity index (χ0) is 16.5. The molecule has 0 bridgehead atoms. The first-order valence-electron chi connectivity index (χ1n) is 7.33. The molecule has 0 aromatic heterocycles. The van der Waals surface area contributed by atoms with Crippen LogP contribution in [0.3, 0.4) is 0 Å². The summed E-state index contributed by atoms with van der Waals surface area (Å²) >= 11 is 6.13. The largest absolute Gasteiger partial charge is 0.343 e. The summed E-state index contributed by atoms with van der Waals surface area (Å²) in [7, 11) is 0. The van der Waals surface area contributed by atoms with Gasteiger partial charge in [0.25, 0.3) is 0 Å². The number of amides is 2. The third kappa shape index (κ3) is 4.37. The molecule has 1 saturated heterocycles. The average Bonchev–Trinajstić information content (AvgIpc) is 2.79. The monoisotopic (exact) mass is 359 g/mol. The summed E-state index contributed by atoms with van der Waals surface area (Å²) in [4.78, 5) is 26.3. The Balaban J connectivity index is 0.00000264. The van der Waals surface area contributed by atoms with Crippen LogP contribution in [0.4, 0.5) is 5.69 Å². The quantitative estimate of drug-likeness (QED) is 0.869. The number of hydrogen-bond acceptors (Lipinski definition) is 3. The zero-order valence-corrected chi connectivity index (χ0v) is 15.1. The first-order chi connectivity index (χ1) is 10.2.